The Hall–Kier alpha value is -2.60. The molecule has 21 heavy (non-hydrogen) atoms. The van der Waals surface area contributed by atoms with Crippen LogP contribution in [0.2, 0.25) is 5.15 Å². The van der Waals surface area contributed by atoms with Gasteiger partial charge in [-0.2, -0.15) is 5.10 Å². The van der Waals surface area contributed by atoms with Crippen molar-refractivity contribution in [3.63, 3.8) is 0 Å². The van der Waals surface area contributed by atoms with Gasteiger partial charge in [0, 0.05) is 11.8 Å². The van der Waals surface area contributed by atoms with E-state index in [2.05, 4.69) is 15.5 Å². The molecule has 0 aliphatic rings. The Kier molecular flexibility index (Phi) is 4.73. The lowest BCUT2D eigenvalue weighted by Gasteiger charge is -2.05. The number of carbonyl (C=O) groups excluding carboxylic acids is 1. The first-order valence-electron chi connectivity index (χ1n) is 5.93. The number of aromatic hydroxyl groups is 1. The van der Waals surface area contributed by atoms with E-state index in [9.17, 15) is 9.90 Å². The summed E-state index contributed by atoms with van der Waals surface area (Å²) in [5.74, 6) is -0.232. The maximum Gasteiger partial charge on any atom is 0.274 e. The number of phenolic OH excluding ortho intramolecular Hbond substituents is 1. The van der Waals surface area contributed by atoms with Crippen LogP contribution in [0.25, 0.3) is 0 Å². The Bertz CT molecular complexity index is 689. The molecule has 0 bridgehead atoms. The summed E-state index contributed by atoms with van der Waals surface area (Å²) in [6.07, 6.45) is 2.79. The number of ether oxygens (including phenoxy) is 1. The van der Waals surface area contributed by atoms with Crippen LogP contribution in [-0.4, -0.2) is 29.3 Å². The van der Waals surface area contributed by atoms with Crippen molar-refractivity contribution in [3.8, 4) is 11.5 Å². The highest BCUT2D eigenvalue weighted by molar-refractivity contribution is 6.32. The Morgan fingerprint density at radius 1 is 1.43 bits per heavy atom. The number of phenols is 1. The van der Waals surface area contributed by atoms with Crippen molar-refractivity contribution in [3.05, 3.63) is 52.8 Å². The molecule has 0 aliphatic heterocycles. The van der Waals surface area contributed by atoms with Crippen LogP contribution in [0.3, 0.4) is 0 Å². The zero-order valence-corrected chi connectivity index (χ0v) is 11.8. The van der Waals surface area contributed by atoms with E-state index in [4.69, 9.17) is 16.3 Å². The van der Waals surface area contributed by atoms with E-state index in [1.165, 1.54) is 25.6 Å². The molecule has 1 aromatic carbocycles. The summed E-state index contributed by atoms with van der Waals surface area (Å²) in [4.78, 5) is 15.6. The van der Waals surface area contributed by atoms with Gasteiger partial charge in [-0.1, -0.05) is 17.7 Å². The van der Waals surface area contributed by atoms with E-state index in [0.29, 0.717) is 11.3 Å². The maximum absolute atomic E-state index is 11.8. The first kappa shape index (κ1) is 14.8. The van der Waals surface area contributed by atoms with Gasteiger partial charge in [-0.15, -0.1) is 0 Å². The van der Waals surface area contributed by atoms with Crippen LogP contribution in [0.5, 0.6) is 11.5 Å². The average molecular weight is 306 g/mol. The molecule has 1 heterocycles. The topological polar surface area (TPSA) is 83.8 Å². The lowest BCUT2D eigenvalue weighted by Crippen LogP contribution is -2.18. The number of nitrogens with zero attached hydrogens (tertiary/aromatic N) is 2. The number of hydrazone groups is 1. The summed E-state index contributed by atoms with van der Waals surface area (Å²) in [6.45, 7) is 0. The zero-order chi connectivity index (χ0) is 15.2. The lowest BCUT2D eigenvalue weighted by molar-refractivity contribution is 0.0955. The van der Waals surface area contributed by atoms with E-state index < -0.39 is 5.91 Å². The first-order valence-corrected chi connectivity index (χ1v) is 6.31. The third-order valence-electron chi connectivity index (χ3n) is 2.62. The van der Waals surface area contributed by atoms with Gasteiger partial charge < -0.3 is 9.84 Å². The highest BCUT2D eigenvalue weighted by atomic mass is 35.5. The van der Waals surface area contributed by atoms with E-state index in [0.717, 1.165) is 0 Å². The van der Waals surface area contributed by atoms with Crippen LogP contribution in [0.1, 0.15) is 15.9 Å². The minimum atomic E-state index is -0.494. The van der Waals surface area contributed by atoms with Gasteiger partial charge in [0.05, 0.1) is 18.9 Å². The molecule has 6 nitrogen and oxygen atoms in total. The van der Waals surface area contributed by atoms with Crippen molar-refractivity contribution in [1.82, 2.24) is 10.4 Å². The molecule has 0 unspecified atom stereocenters. The fraction of sp³-hybridized carbons (Fsp3) is 0.0714. The van der Waals surface area contributed by atoms with E-state index in [1.807, 2.05) is 0 Å². The molecule has 0 spiro atoms. The second-order valence-electron chi connectivity index (χ2n) is 3.94. The standard InChI is InChI=1S/C14H12ClN3O3/c1-21-11-6-2-4-9(12(11)19)8-17-18-14(20)10-5-3-7-16-13(10)15/h2-8,19H,1H3,(H,18,20)/b17-8+. The molecule has 0 saturated carbocycles. The molecular weight excluding hydrogens is 294 g/mol. The van der Waals surface area contributed by atoms with Crippen LogP contribution in [0, 0.1) is 0 Å². The monoisotopic (exact) mass is 305 g/mol. The Labute approximate surface area is 126 Å². The summed E-state index contributed by atoms with van der Waals surface area (Å²) in [5.41, 5.74) is 2.93. The van der Waals surface area contributed by atoms with E-state index in [-0.39, 0.29) is 16.5 Å². The third-order valence-corrected chi connectivity index (χ3v) is 2.92. The second kappa shape index (κ2) is 6.71. The van der Waals surface area contributed by atoms with Crippen molar-refractivity contribution < 1.29 is 14.6 Å². The van der Waals surface area contributed by atoms with Gasteiger partial charge in [-0.3, -0.25) is 4.79 Å². The van der Waals surface area contributed by atoms with Gasteiger partial charge >= 0.3 is 0 Å². The van der Waals surface area contributed by atoms with Gasteiger partial charge in [-0.25, -0.2) is 10.4 Å². The molecule has 2 rings (SSSR count). The van der Waals surface area contributed by atoms with Crippen molar-refractivity contribution in [2.75, 3.05) is 7.11 Å². The zero-order valence-electron chi connectivity index (χ0n) is 11.1. The average Bonchev–Trinajstić information content (AvgIpc) is 2.49. The molecule has 2 N–H and O–H groups in total. The molecule has 0 saturated heterocycles. The number of carbonyl (C=O) groups is 1. The molecular formula is C14H12ClN3O3. The minimum Gasteiger partial charge on any atom is -0.504 e. The quantitative estimate of drug-likeness (QED) is 0.515. The molecule has 2 aromatic rings. The number of nitrogens with one attached hydrogen (secondary N) is 1. The fourth-order valence-electron chi connectivity index (χ4n) is 1.58. The van der Waals surface area contributed by atoms with E-state index in [1.54, 1.807) is 24.3 Å². The number of rotatable bonds is 4. The van der Waals surface area contributed by atoms with Gasteiger partial charge in [0.2, 0.25) is 0 Å². The molecule has 108 valence electrons. The largest absolute Gasteiger partial charge is 0.504 e. The molecule has 0 radical (unpaired) electrons. The number of hydrogen-bond acceptors (Lipinski definition) is 5. The Morgan fingerprint density at radius 2 is 2.24 bits per heavy atom. The Balaban J connectivity index is 2.10. The minimum absolute atomic E-state index is 0.0580. The predicted octanol–water partition coefficient (Wildman–Crippen LogP) is 2.21. The van der Waals surface area contributed by atoms with Crippen LogP contribution in [0.4, 0.5) is 0 Å². The number of aromatic nitrogens is 1. The lowest BCUT2D eigenvalue weighted by atomic mass is 10.2. The number of hydrogen-bond donors (Lipinski definition) is 2. The van der Waals surface area contributed by atoms with Gasteiger partial charge in [0.15, 0.2) is 11.5 Å². The van der Waals surface area contributed by atoms with Crippen LogP contribution in [-0.2, 0) is 0 Å². The summed E-state index contributed by atoms with van der Waals surface area (Å²) >= 11 is 5.80. The van der Waals surface area contributed by atoms with Gasteiger partial charge in [0.1, 0.15) is 5.15 Å². The van der Waals surface area contributed by atoms with Crippen molar-refractivity contribution >= 4 is 23.7 Å². The summed E-state index contributed by atoms with van der Waals surface area (Å²) in [6, 6.07) is 8.06. The van der Waals surface area contributed by atoms with Crippen molar-refractivity contribution in [2.45, 2.75) is 0 Å². The third kappa shape index (κ3) is 3.49. The van der Waals surface area contributed by atoms with Gasteiger partial charge in [0.25, 0.3) is 5.91 Å². The number of methoxy groups -OCH3 is 1. The molecule has 0 fully saturated rings. The second-order valence-corrected chi connectivity index (χ2v) is 4.30. The number of benzene rings is 1. The van der Waals surface area contributed by atoms with Gasteiger partial charge in [-0.05, 0) is 24.3 Å². The number of halogens is 1. The van der Waals surface area contributed by atoms with Crippen LogP contribution >= 0.6 is 11.6 Å². The molecule has 1 aromatic heterocycles. The SMILES string of the molecule is COc1cccc(/C=N/NC(=O)c2cccnc2Cl)c1O. The molecule has 7 heteroatoms. The smallest absolute Gasteiger partial charge is 0.274 e. The Morgan fingerprint density at radius 3 is 2.95 bits per heavy atom. The number of pyridine rings is 1. The predicted molar refractivity (Wildman–Crippen MR) is 79.0 cm³/mol. The molecule has 0 atom stereocenters. The molecule has 0 aliphatic carbocycles. The first-order chi connectivity index (χ1) is 10.1. The summed E-state index contributed by atoms with van der Waals surface area (Å²) in [7, 11) is 1.45. The van der Waals surface area contributed by atoms with Crippen LogP contribution < -0.4 is 10.2 Å². The fourth-order valence-corrected chi connectivity index (χ4v) is 1.79. The maximum atomic E-state index is 11.8. The summed E-state index contributed by atoms with van der Waals surface area (Å²) in [5, 5.41) is 13.7. The molecule has 1 amide bonds. The number of amides is 1. The number of para-hydroxylation sites is 1. The van der Waals surface area contributed by atoms with E-state index >= 15 is 0 Å². The van der Waals surface area contributed by atoms with Crippen molar-refractivity contribution in [1.29, 1.82) is 0 Å². The normalized spacial score (nSPS) is 10.6. The highest BCUT2D eigenvalue weighted by Crippen LogP contribution is 2.27. The summed E-state index contributed by atoms with van der Waals surface area (Å²) < 4.78 is 4.97. The van der Waals surface area contributed by atoms with Crippen LogP contribution in [0.15, 0.2) is 41.6 Å². The van der Waals surface area contributed by atoms with Crippen molar-refractivity contribution in [2.24, 2.45) is 5.10 Å². The highest BCUT2D eigenvalue weighted by Gasteiger charge is 2.09.